The Hall–Kier alpha value is -3.27. The molecule has 1 aromatic carbocycles. The quantitative estimate of drug-likeness (QED) is 0.496. The van der Waals surface area contributed by atoms with Gasteiger partial charge in [-0.1, -0.05) is 18.2 Å². The molecule has 1 amide bonds. The lowest BCUT2D eigenvalue weighted by Crippen LogP contribution is -2.14. The van der Waals surface area contributed by atoms with E-state index in [-0.39, 0.29) is 24.0 Å². The molecule has 142 valence electrons. The second-order valence-corrected chi connectivity index (χ2v) is 6.97. The fraction of sp³-hybridized carbons (Fsp3) is 0.111. The predicted octanol–water partition coefficient (Wildman–Crippen LogP) is 2.98. The second-order valence-electron chi connectivity index (χ2n) is 6.05. The fourth-order valence-electron chi connectivity index (χ4n) is 2.64. The number of hydrogen-bond acceptors (Lipinski definition) is 4. The Labute approximate surface area is 167 Å². The topological polar surface area (TPSA) is 82.6 Å². The van der Waals surface area contributed by atoms with E-state index >= 15 is 0 Å². The van der Waals surface area contributed by atoms with E-state index in [4.69, 9.17) is 0 Å². The normalized spacial score (nSPS) is 10.9. The molecule has 0 unspecified atom stereocenters. The zero-order valence-corrected chi connectivity index (χ0v) is 16.1. The van der Waals surface area contributed by atoms with Gasteiger partial charge in [-0.2, -0.15) is 15.3 Å². The van der Waals surface area contributed by atoms with Crippen LogP contribution in [0.1, 0.15) is 16.1 Å². The zero-order valence-electron chi connectivity index (χ0n) is 14.5. The van der Waals surface area contributed by atoms with E-state index in [9.17, 15) is 9.18 Å². The lowest BCUT2D eigenvalue weighted by molar-refractivity contribution is 0.102. The van der Waals surface area contributed by atoms with Crippen LogP contribution < -0.4 is 5.32 Å². The maximum Gasteiger partial charge on any atom is 0.276 e. The summed E-state index contributed by atoms with van der Waals surface area (Å²) < 4.78 is 19.5. The van der Waals surface area contributed by atoms with Gasteiger partial charge < -0.3 is 5.32 Å². The average Bonchev–Trinajstić information content (AvgIpc) is 3.40. The fourth-order valence-corrected chi connectivity index (χ4v) is 2.96. The number of nitrogens with one attached hydrogen (secondary N) is 1. The van der Waals surface area contributed by atoms with Gasteiger partial charge in [0.05, 0.1) is 29.1 Å². The van der Waals surface area contributed by atoms with E-state index in [0.717, 1.165) is 4.47 Å². The molecule has 3 aromatic heterocycles. The molecule has 0 saturated carbocycles. The highest BCUT2D eigenvalue weighted by atomic mass is 79.9. The molecule has 1 N–H and O–H groups in total. The van der Waals surface area contributed by atoms with Gasteiger partial charge in [0.25, 0.3) is 5.91 Å². The molecular weight excluding hydrogens is 429 g/mol. The van der Waals surface area contributed by atoms with Gasteiger partial charge >= 0.3 is 0 Å². The molecule has 0 bridgehead atoms. The number of amides is 1. The molecule has 0 fully saturated rings. The first-order chi connectivity index (χ1) is 13.6. The van der Waals surface area contributed by atoms with Crippen LogP contribution in [-0.4, -0.2) is 35.2 Å². The predicted molar refractivity (Wildman–Crippen MR) is 103 cm³/mol. The van der Waals surface area contributed by atoms with Crippen LogP contribution in [0.5, 0.6) is 0 Å². The minimum absolute atomic E-state index is 0.271. The van der Waals surface area contributed by atoms with E-state index < -0.39 is 0 Å². The molecule has 0 spiro atoms. The summed E-state index contributed by atoms with van der Waals surface area (Å²) in [6, 6.07) is 8.12. The van der Waals surface area contributed by atoms with Crippen LogP contribution in [0.15, 0.2) is 65.8 Å². The Balaban J connectivity index is 1.39. The molecular formula is C18H15BrFN7O. The van der Waals surface area contributed by atoms with Crippen molar-refractivity contribution in [1.29, 1.82) is 0 Å². The van der Waals surface area contributed by atoms with Gasteiger partial charge in [0.15, 0.2) is 5.69 Å². The summed E-state index contributed by atoms with van der Waals surface area (Å²) in [5, 5.41) is 15.3. The number of carbonyl (C=O) groups excluding carboxylic acids is 1. The van der Waals surface area contributed by atoms with Crippen LogP contribution in [-0.2, 0) is 13.2 Å². The average molecular weight is 444 g/mol. The summed E-state index contributed by atoms with van der Waals surface area (Å²) in [6.45, 7) is 0.663. The molecule has 0 saturated heterocycles. The first kappa shape index (κ1) is 18.1. The van der Waals surface area contributed by atoms with Crippen molar-refractivity contribution >= 4 is 27.5 Å². The minimum Gasteiger partial charge on any atom is -0.318 e. The molecule has 0 aliphatic heterocycles. The van der Waals surface area contributed by atoms with E-state index in [1.165, 1.54) is 12.3 Å². The summed E-state index contributed by atoms with van der Waals surface area (Å²) >= 11 is 3.33. The van der Waals surface area contributed by atoms with Gasteiger partial charge in [0, 0.05) is 24.2 Å². The molecule has 8 nitrogen and oxygen atoms in total. The Kier molecular flexibility index (Phi) is 5.02. The third-order valence-corrected chi connectivity index (χ3v) is 4.36. The van der Waals surface area contributed by atoms with E-state index in [1.54, 1.807) is 56.9 Å². The lowest BCUT2D eigenvalue weighted by atomic mass is 10.2. The Morgan fingerprint density at radius 1 is 1.07 bits per heavy atom. The highest BCUT2D eigenvalue weighted by Crippen LogP contribution is 2.12. The number of benzene rings is 1. The molecule has 0 aliphatic rings. The Morgan fingerprint density at radius 3 is 2.68 bits per heavy atom. The van der Waals surface area contributed by atoms with E-state index in [0.29, 0.717) is 17.9 Å². The summed E-state index contributed by atoms with van der Waals surface area (Å²) in [4.78, 5) is 12.4. The number of aromatic nitrogens is 6. The first-order valence-corrected chi connectivity index (χ1v) is 9.15. The zero-order chi connectivity index (χ0) is 19.5. The molecule has 0 atom stereocenters. The smallest absolute Gasteiger partial charge is 0.276 e. The molecule has 0 aliphatic carbocycles. The Bertz CT molecular complexity index is 1120. The molecule has 10 heteroatoms. The molecule has 3 heterocycles. The number of hydrogen-bond donors (Lipinski definition) is 1. The van der Waals surface area contributed by atoms with Crippen molar-refractivity contribution in [2.75, 3.05) is 5.32 Å². The number of nitrogens with zero attached hydrogens (tertiary/aromatic N) is 6. The third kappa shape index (κ3) is 4.17. The van der Waals surface area contributed by atoms with Crippen LogP contribution in [0.25, 0.3) is 0 Å². The van der Waals surface area contributed by atoms with Gasteiger partial charge in [-0.25, -0.2) is 9.07 Å². The summed E-state index contributed by atoms with van der Waals surface area (Å²) in [6.07, 6.45) is 8.34. The summed E-state index contributed by atoms with van der Waals surface area (Å²) in [5.41, 5.74) is 1.30. The van der Waals surface area contributed by atoms with Crippen molar-refractivity contribution in [3.63, 3.8) is 0 Å². The SMILES string of the molecule is O=C(Nc1cnn(Cc2ccccc2F)c1)c1ccn(Cn2cc(Br)cn2)n1. The monoisotopic (exact) mass is 443 g/mol. The number of carbonyl (C=O) groups is 1. The van der Waals surface area contributed by atoms with Crippen LogP contribution >= 0.6 is 15.9 Å². The summed E-state index contributed by atoms with van der Waals surface area (Å²) in [5.74, 6) is -0.649. The van der Waals surface area contributed by atoms with Crippen LogP contribution in [0.3, 0.4) is 0 Å². The number of rotatable bonds is 6. The maximum atomic E-state index is 13.7. The van der Waals surface area contributed by atoms with Gasteiger partial charge in [-0.3, -0.25) is 14.2 Å². The molecule has 0 radical (unpaired) electrons. The largest absolute Gasteiger partial charge is 0.318 e. The number of halogens is 2. The van der Waals surface area contributed by atoms with Crippen LogP contribution in [0.2, 0.25) is 0 Å². The van der Waals surface area contributed by atoms with Crippen molar-refractivity contribution in [3.05, 3.63) is 82.9 Å². The summed E-state index contributed by atoms with van der Waals surface area (Å²) in [7, 11) is 0. The highest BCUT2D eigenvalue weighted by molar-refractivity contribution is 9.10. The highest BCUT2D eigenvalue weighted by Gasteiger charge is 2.12. The van der Waals surface area contributed by atoms with Crippen molar-refractivity contribution in [1.82, 2.24) is 29.3 Å². The maximum absolute atomic E-state index is 13.7. The first-order valence-electron chi connectivity index (χ1n) is 8.35. The van der Waals surface area contributed by atoms with Gasteiger partial charge in [0.2, 0.25) is 0 Å². The number of anilines is 1. The minimum atomic E-state index is -0.356. The lowest BCUT2D eigenvalue weighted by Gasteiger charge is -2.03. The van der Waals surface area contributed by atoms with Gasteiger partial charge in [0.1, 0.15) is 12.5 Å². The van der Waals surface area contributed by atoms with Gasteiger partial charge in [-0.05, 0) is 28.1 Å². The Morgan fingerprint density at radius 2 is 1.89 bits per heavy atom. The third-order valence-electron chi connectivity index (χ3n) is 3.95. The van der Waals surface area contributed by atoms with Crippen molar-refractivity contribution in [3.8, 4) is 0 Å². The second kappa shape index (κ2) is 7.77. The molecule has 4 rings (SSSR count). The van der Waals surface area contributed by atoms with E-state index in [1.807, 2.05) is 6.20 Å². The van der Waals surface area contributed by atoms with E-state index in [2.05, 4.69) is 36.5 Å². The van der Waals surface area contributed by atoms with Crippen LogP contribution in [0.4, 0.5) is 10.1 Å². The van der Waals surface area contributed by atoms with Crippen LogP contribution in [0, 0.1) is 5.82 Å². The van der Waals surface area contributed by atoms with Crippen molar-refractivity contribution in [2.45, 2.75) is 13.2 Å². The van der Waals surface area contributed by atoms with Crippen molar-refractivity contribution < 1.29 is 9.18 Å². The molecule has 28 heavy (non-hydrogen) atoms. The molecule has 4 aromatic rings. The van der Waals surface area contributed by atoms with Gasteiger partial charge in [-0.15, -0.1) is 0 Å². The standard InChI is InChI=1S/C18H15BrFN7O/c19-14-7-21-27(10-14)12-25-6-5-17(24-25)18(28)23-15-8-22-26(11-15)9-13-3-1-2-4-16(13)20/h1-8,10-11H,9,12H2,(H,23,28). The van der Waals surface area contributed by atoms with Crippen molar-refractivity contribution in [2.24, 2.45) is 0 Å².